The molecule has 5 rings (SSSR count). The van der Waals surface area contributed by atoms with Gasteiger partial charge >= 0.3 is 6.18 Å². The Labute approximate surface area is 161 Å². The number of nitrogens with zero attached hydrogens (tertiary/aromatic N) is 4. The average molecular weight is 402 g/mol. The molecule has 1 aliphatic rings. The minimum absolute atomic E-state index is 0.211. The largest absolute Gasteiger partial charge is 0.433 e. The smallest absolute Gasteiger partial charge is 0.308 e. The van der Waals surface area contributed by atoms with Crippen molar-refractivity contribution in [3.05, 3.63) is 52.5 Å². The van der Waals surface area contributed by atoms with Crippen LogP contribution in [0.15, 0.2) is 36.4 Å². The molecule has 3 aromatic heterocycles. The standard InChI is InChI=1S/C19H13F3N4OS/c1-10-11-6-7-14(19(20,21)22)24-16(11)28-15(10)17(27)26-9-8-25-13-5-3-2-4-12(13)23-18(25)26/h2-7H,8-9H2,1H3. The number of amides is 1. The number of aryl methyl sites for hydroxylation is 1. The Bertz CT molecular complexity index is 1260. The summed E-state index contributed by atoms with van der Waals surface area (Å²) in [5, 5.41) is 0.564. The molecule has 1 aromatic carbocycles. The van der Waals surface area contributed by atoms with Gasteiger partial charge in [0.15, 0.2) is 0 Å². The summed E-state index contributed by atoms with van der Waals surface area (Å²) < 4.78 is 40.8. The number of benzene rings is 1. The maximum Gasteiger partial charge on any atom is 0.433 e. The van der Waals surface area contributed by atoms with Gasteiger partial charge in [-0.2, -0.15) is 13.2 Å². The van der Waals surface area contributed by atoms with Crippen molar-refractivity contribution in [1.82, 2.24) is 14.5 Å². The molecular formula is C19H13F3N4OS. The highest BCUT2D eigenvalue weighted by atomic mass is 32.1. The fraction of sp³-hybridized carbons (Fsp3) is 0.211. The molecule has 4 heterocycles. The molecule has 1 amide bonds. The maximum atomic E-state index is 13.2. The number of carbonyl (C=O) groups excluding carboxylic acids is 1. The number of thiophene rings is 1. The van der Waals surface area contributed by atoms with Crippen LogP contribution < -0.4 is 4.90 Å². The Hall–Kier alpha value is -2.94. The van der Waals surface area contributed by atoms with Crippen LogP contribution in [0.1, 0.15) is 20.9 Å². The third kappa shape index (κ3) is 2.42. The van der Waals surface area contributed by atoms with Gasteiger partial charge < -0.3 is 4.57 Å². The average Bonchev–Trinajstić information content (AvgIpc) is 3.32. The number of aromatic nitrogens is 3. The van der Waals surface area contributed by atoms with Crippen molar-refractivity contribution in [2.24, 2.45) is 0 Å². The lowest BCUT2D eigenvalue weighted by molar-refractivity contribution is -0.140. The molecule has 0 N–H and O–H groups in total. The van der Waals surface area contributed by atoms with Gasteiger partial charge in [0.2, 0.25) is 5.95 Å². The van der Waals surface area contributed by atoms with Crippen molar-refractivity contribution in [2.45, 2.75) is 19.6 Å². The summed E-state index contributed by atoms with van der Waals surface area (Å²) in [6.07, 6.45) is -4.52. The summed E-state index contributed by atoms with van der Waals surface area (Å²) >= 11 is 0.991. The molecule has 0 unspecified atom stereocenters. The Balaban J connectivity index is 1.58. The summed E-state index contributed by atoms with van der Waals surface area (Å²) in [6.45, 7) is 2.84. The molecule has 5 nitrogen and oxygen atoms in total. The van der Waals surface area contributed by atoms with Crippen LogP contribution in [-0.2, 0) is 12.7 Å². The monoisotopic (exact) mass is 402 g/mol. The van der Waals surface area contributed by atoms with Crippen molar-refractivity contribution in [2.75, 3.05) is 11.4 Å². The van der Waals surface area contributed by atoms with E-state index in [-0.39, 0.29) is 10.7 Å². The number of para-hydroxylation sites is 2. The van der Waals surface area contributed by atoms with Gasteiger partial charge in [-0.1, -0.05) is 12.1 Å². The van der Waals surface area contributed by atoms with Crippen LogP contribution in [0, 0.1) is 6.92 Å². The first-order valence-electron chi connectivity index (χ1n) is 8.59. The van der Waals surface area contributed by atoms with E-state index in [1.807, 2.05) is 28.8 Å². The van der Waals surface area contributed by atoms with Crippen molar-refractivity contribution in [1.29, 1.82) is 0 Å². The first-order chi connectivity index (χ1) is 13.3. The molecule has 142 valence electrons. The Morgan fingerprint density at radius 3 is 2.68 bits per heavy atom. The lowest BCUT2D eigenvalue weighted by Gasteiger charge is -2.13. The minimum atomic E-state index is -4.52. The number of halogens is 3. The van der Waals surface area contributed by atoms with E-state index in [0.717, 1.165) is 28.4 Å². The normalized spacial score (nSPS) is 14.2. The molecule has 0 atom stereocenters. The summed E-state index contributed by atoms with van der Waals surface area (Å²) in [6, 6.07) is 9.97. The molecule has 0 saturated carbocycles. The fourth-order valence-corrected chi connectivity index (χ4v) is 4.69. The second kappa shape index (κ2) is 5.78. The van der Waals surface area contributed by atoms with Crippen molar-refractivity contribution >= 4 is 44.4 Å². The Morgan fingerprint density at radius 2 is 1.89 bits per heavy atom. The highest BCUT2D eigenvalue weighted by Gasteiger charge is 2.34. The number of fused-ring (bicyclic) bond motifs is 4. The van der Waals surface area contributed by atoms with E-state index < -0.39 is 11.9 Å². The first kappa shape index (κ1) is 17.2. The van der Waals surface area contributed by atoms with Crippen LogP contribution in [-0.4, -0.2) is 27.0 Å². The Morgan fingerprint density at radius 1 is 1.11 bits per heavy atom. The molecule has 9 heteroatoms. The van der Waals surface area contributed by atoms with Crippen LogP contribution in [0.4, 0.5) is 19.1 Å². The zero-order valence-corrected chi connectivity index (χ0v) is 15.4. The molecule has 0 fully saturated rings. The Kier molecular flexibility index (Phi) is 3.54. The molecule has 0 spiro atoms. The summed E-state index contributed by atoms with van der Waals surface area (Å²) in [4.78, 5) is 23.7. The molecule has 0 bridgehead atoms. The zero-order valence-electron chi connectivity index (χ0n) is 14.6. The fourth-order valence-electron chi connectivity index (χ4n) is 3.57. The quantitative estimate of drug-likeness (QED) is 0.466. The summed E-state index contributed by atoms with van der Waals surface area (Å²) in [7, 11) is 0. The number of carbonyl (C=O) groups is 1. The lowest BCUT2D eigenvalue weighted by Crippen LogP contribution is -2.29. The van der Waals surface area contributed by atoms with E-state index in [1.54, 1.807) is 11.8 Å². The zero-order chi connectivity index (χ0) is 19.6. The molecule has 4 aromatic rings. The van der Waals surface area contributed by atoms with Crippen LogP contribution in [0.5, 0.6) is 0 Å². The number of anilines is 1. The second-order valence-corrected chi connectivity index (χ2v) is 7.61. The molecule has 1 aliphatic heterocycles. The van der Waals surface area contributed by atoms with Gasteiger partial charge in [0, 0.05) is 18.5 Å². The lowest BCUT2D eigenvalue weighted by atomic mass is 10.1. The summed E-state index contributed by atoms with van der Waals surface area (Å²) in [5.41, 5.74) is 1.45. The van der Waals surface area contributed by atoms with Gasteiger partial charge in [-0.25, -0.2) is 9.97 Å². The number of hydrogen-bond acceptors (Lipinski definition) is 4. The molecule has 0 saturated heterocycles. The highest BCUT2D eigenvalue weighted by Crippen LogP contribution is 2.36. The molecule has 0 radical (unpaired) electrons. The number of hydrogen-bond donors (Lipinski definition) is 0. The topological polar surface area (TPSA) is 51.0 Å². The molecule has 0 aliphatic carbocycles. The molecular weight excluding hydrogens is 389 g/mol. The minimum Gasteiger partial charge on any atom is -0.308 e. The van der Waals surface area contributed by atoms with E-state index in [9.17, 15) is 18.0 Å². The maximum absolute atomic E-state index is 13.2. The number of alkyl halides is 3. The number of imidazole rings is 1. The molecule has 28 heavy (non-hydrogen) atoms. The van der Waals surface area contributed by atoms with E-state index in [1.165, 1.54) is 6.07 Å². The van der Waals surface area contributed by atoms with E-state index in [4.69, 9.17) is 0 Å². The SMILES string of the molecule is Cc1c(C(=O)N2CCn3c2nc2ccccc23)sc2nc(C(F)(F)F)ccc12. The van der Waals surface area contributed by atoms with E-state index in [0.29, 0.717) is 34.9 Å². The van der Waals surface area contributed by atoms with Crippen LogP contribution >= 0.6 is 11.3 Å². The first-order valence-corrected chi connectivity index (χ1v) is 9.41. The number of rotatable bonds is 1. The van der Waals surface area contributed by atoms with Crippen LogP contribution in [0.3, 0.4) is 0 Å². The van der Waals surface area contributed by atoms with Gasteiger partial charge in [-0.05, 0) is 36.8 Å². The predicted octanol–water partition coefficient (Wildman–Crippen LogP) is 4.63. The second-order valence-electron chi connectivity index (χ2n) is 6.61. The van der Waals surface area contributed by atoms with E-state index >= 15 is 0 Å². The van der Waals surface area contributed by atoms with E-state index in [2.05, 4.69) is 9.97 Å². The van der Waals surface area contributed by atoms with Crippen molar-refractivity contribution in [3.8, 4) is 0 Å². The highest BCUT2D eigenvalue weighted by molar-refractivity contribution is 7.20. The van der Waals surface area contributed by atoms with Crippen LogP contribution in [0.2, 0.25) is 0 Å². The van der Waals surface area contributed by atoms with Gasteiger partial charge in [-0.3, -0.25) is 9.69 Å². The van der Waals surface area contributed by atoms with Gasteiger partial charge in [-0.15, -0.1) is 11.3 Å². The van der Waals surface area contributed by atoms with Crippen molar-refractivity contribution in [3.63, 3.8) is 0 Å². The van der Waals surface area contributed by atoms with Gasteiger partial charge in [0.1, 0.15) is 10.5 Å². The third-order valence-electron chi connectivity index (χ3n) is 4.96. The third-order valence-corrected chi connectivity index (χ3v) is 6.15. The summed E-state index contributed by atoms with van der Waals surface area (Å²) in [5.74, 6) is 0.301. The number of pyridine rings is 1. The van der Waals surface area contributed by atoms with Crippen LogP contribution in [0.25, 0.3) is 21.3 Å². The van der Waals surface area contributed by atoms with Gasteiger partial charge in [0.25, 0.3) is 5.91 Å². The van der Waals surface area contributed by atoms with Gasteiger partial charge in [0.05, 0.1) is 15.9 Å². The van der Waals surface area contributed by atoms with Crippen molar-refractivity contribution < 1.29 is 18.0 Å². The predicted molar refractivity (Wildman–Crippen MR) is 101 cm³/mol.